The van der Waals surface area contributed by atoms with Crippen LogP contribution in [-0.2, 0) is 4.74 Å². The van der Waals surface area contributed by atoms with Crippen molar-refractivity contribution in [2.45, 2.75) is 6.92 Å². The number of hydrogen-bond acceptors (Lipinski definition) is 8. The summed E-state index contributed by atoms with van der Waals surface area (Å²) in [6, 6.07) is 9.22. The number of para-hydroxylation sites is 1. The van der Waals surface area contributed by atoms with E-state index in [0.29, 0.717) is 48.8 Å². The Morgan fingerprint density at radius 2 is 1.97 bits per heavy atom. The molecule has 2 aromatic carbocycles. The summed E-state index contributed by atoms with van der Waals surface area (Å²) in [4.78, 5) is 34.4. The minimum Gasteiger partial charge on any atom is -0.483 e. The smallest absolute Gasteiger partial charge is 0.343 e. The van der Waals surface area contributed by atoms with Gasteiger partial charge in [0.1, 0.15) is 23.4 Å². The second kappa shape index (κ2) is 8.63. The highest BCUT2D eigenvalue weighted by Crippen LogP contribution is 2.42. The number of carbonyl (C=O) groups excluding carboxylic acids is 1. The molecular weight excluding hydrogens is 483 g/mol. The zero-order valence-electron chi connectivity index (χ0n) is 19.6. The van der Waals surface area contributed by atoms with Crippen molar-refractivity contribution >= 4 is 54.9 Å². The van der Waals surface area contributed by atoms with E-state index in [1.165, 1.54) is 12.3 Å². The number of nitrogens with zero attached hydrogens (tertiary/aromatic N) is 4. The zero-order valence-corrected chi connectivity index (χ0v) is 20.4. The molecule has 6 rings (SSSR count). The van der Waals surface area contributed by atoms with Crippen molar-refractivity contribution < 1.29 is 18.7 Å². The predicted molar refractivity (Wildman–Crippen MR) is 139 cm³/mol. The van der Waals surface area contributed by atoms with Gasteiger partial charge in [0.25, 0.3) is 0 Å². The molecule has 0 atom stereocenters. The minimum absolute atomic E-state index is 0.0609. The van der Waals surface area contributed by atoms with Crippen LogP contribution in [0, 0.1) is 5.82 Å². The number of thiazole rings is 1. The molecule has 0 unspecified atom stereocenters. The third-order valence-electron chi connectivity index (χ3n) is 6.54. The number of esters is 1. The van der Waals surface area contributed by atoms with Crippen molar-refractivity contribution in [1.82, 2.24) is 9.55 Å². The number of rotatable bonds is 4. The summed E-state index contributed by atoms with van der Waals surface area (Å²) in [5.41, 5.74) is 1.49. The molecule has 1 saturated heterocycles. The van der Waals surface area contributed by atoms with Crippen molar-refractivity contribution in [1.29, 1.82) is 0 Å². The number of aromatic nitrogens is 2. The van der Waals surface area contributed by atoms with Crippen molar-refractivity contribution in [3.05, 3.63) is 64.7 Å². The van der Waals surface area contributed by atoms with Crippen LogP contribution in [0.5, 0.6) is 5.75 Å². The fourth-order valence-electron chi connectivity index (χ4n) is 4.79. The van der Waals surface area contributed by atoms with E-state index in [4.69, 9.17) is 14.5 Å². The SMILES string of the molecule is C=C1COc2c(N3CCN(c4nc5ccccc5s4)CC3)c(F)cc3c(=O)c(C(=O)OCC)cn1c23. The van der Waals surface area contributed by atoms with Crippen LogP contribution in [0.2, 0.25) is 0 Å². The number of anilines is 2. The molecule has 0 amide bonds. The van der Waals surface area contributed by atoms with Gasteiger partial charge in [-0.2, -0.15) is 0 Å². The molecule has 4 aromatic rings. The van der Waals surface area contributed by atoms with Gasteiger partial charge in [-0.25, -0.2) is 14.2 Å². The lowest BCUT2D eigenvalue weighted by Crippen LogP contribution is -2.47. The maximum absolute atomic E-state index is 15.6. The highest BCUT2D eigenvalue weighted by molar-refractivity contribution is 7.22. The molecule has 0 aliphatic carbocycles. The number of piperazine rings is 1. The topological polar surface area (TPSA) is 76.9 Å². The van der Waals surface area contributed by atoms with Crippen LogP contribution in [0.25, 0.3) is 26.8 Å². The van der Waals surface area contributed by atoms with E-state index < -0.39 is 17.2 Å². The van der Waals surface area contributed by atoms with E-state index in [-0.39, 0.29) is 24.2 Å². The molecule has 1 fully saturated rings. The highest BCUT2D eigenvalue weighted by Gasteiger charge is 2.31. The normalized spacial score (nSPS) is 15.4. The van der Waals surface area contributed by atoms with Crippen LogP contribution >= 0.6 is 11.3 Å². The lowest BCUT2D eigenvalue weighted by molar-refractivity contribution is 0.0524. The molecule has 0 saturated carbocycles. The number of fused-ring (bicyclic) bond motifs is 1. The molecule has 2 aliphatic rings. The first kappa shape index (κ1) is 22.5. The summed E-state index contributed by atoms with van der Waals surface area (Å²) < 4.78 is 29.3. The van der Waals surface area contributed by atoms with Crippen molar-refractivity contribution in [2.75, 3.05) is 49.2 Å². The highest BCUT2D eigenvalue weighted by atomic mass is 32.1. The van der Waals surface area contributed by atoms with E-state index in [9.17, 15) is 9.59 Å². The number of benzene rings is 2. The number of hydrogen-bond donors (Lipinski definition) is 0. The van der Waals surface area contributed by atoms with Gasteiger partial charge < -0.3 is 23.8 Å². The molecule has 0 spiro atoms. The van der Waals surface area contributed by atoms with Crippen molar-refractivity contribution in [3.8, 4) is 5.75 Å². The average Bonchev–Trinajstić information content (AvgIpc) is 3.32. The second-order valence-corrected chi connectivity index (χ2v) is 9.70. The van der Waals surface area contributed by atoms with E-state index >= 15 is 4.39 Å². The van der Waals surface area contributed by atoms with Crippen molar-refractivity contribution in [2.24, 2.45) is 0 Å². The molecule has 184 valence electrons. The third-order valence-corrected chi connectivity index (χ3v) is 7.64. The molecule has 0 radical (unpaired) electrons. The summed E-state index contributed by atoms with van der Waals surface area (Å²) in [5, 5.41) is 1.01. The molecule has 0 N–H and O–H groups in total. The third kappa shape index (κ3) is 3.51. The summed E-state index contributed by atoms with van der Waals surface area (Å²) in [6.07, 6.45) is 1.42. The summed E-state index contributed by atoms with van der Waals surface area (Å²) in [6.45, 7) is 8.34. The Balaban J connectivity index is 1.37. The molecule has 0 bridgehead atoms. The van der Waals surface area contributed by atoms with Crippen LogP contribution in [0.3, 0.4) is 0 Å². The van der Waals surface area contributed by atoms with Gasteiger partial charge in [0.15, 0.2) is 16.7 Å². The summed E-state index contributed by atoms with van der Waals surface area (Å²) in [5.74, 6) is -1.02. The Bertz CT molecular complexity index is 1570. The van der Waals surface area contributed by atoms with Crippen LogP contribution in [-0.4, -0.2) is 54.9 Å². The summed E-state index contributed by atoms with van der Waals surface area (Å²) in [7, 11) is 0. The van der Waals surface area contributed by atoms with Crippen LogP contribution in [0.4, 0.5) is 15.2 Å². The van der Waals surface area contributed by atoms with Gasteiger partial charge >= 0.3 is 5.97 Å². The summed E-state index contributed by atoms with van der Waals surface area (Å²) >= 11 is 1.65. The first-order valence-corrected chi connectivity index (χ1v) is 12.5. The predicted octanol–water partition coefficient (Wildman–Crippen LogP) is 4.12. The molecule has 4 heterocycles. The minimum atomic E-state index is -0.746. The molecule has 10 heteroatoms. The first-order valence-electron chi connectivity index (χ1n) is 11.7. The molecule has 36 heavy (non-hydrogen) atoms. The number of halogens is 1. The Kier molecular flexibility index (Phi) is 5.40. The van der Waals surface area contributed by atoms with E-state index in [0.717, 1.165) is 15.3 Å². The van der Waals surface area contributed by atoms with Gasteiger partial charge in [-0.05, 0) is 25.1 Å². The maximum Gasteiger partial charge on any atom is 0.343 e. The maximum atomic E-state index is 15.6. The molecule has 8 nitrogen and oxygen atoms in total. The fourth-order valence-corrected chi connectivity index (χ4v) is 5.81. The van der Waals surface area contributed by atoms with Crippen molar-refractivity contribution in [3.63, 3.8) is 0 Å². The largest absolute Gasteiger partial charge is 0.483 e. The van der Waals surface area contributed by atoms with E-state index in [2.05, 4.69) is 17.5 Å². The number of pyridine rings is 1. The lowest BCUT2D eigenvalue weighted by Gasteiger charge is -2.37. The van der Waals surface area contributed by atoms with Gasteiger partial charge in [-0.1, -0.05) is 30.0 Å². The second-order valence-electron chi connectivity index (χ2n) is 8.69. The van der Waals surface area contributed by atoms with Gasteiger partial charge in [-0.15, -0.1) is 0 Å². The molecule has 2 aliphatic heterocycles. The Morgan fingerprint density at radius 1 is 1.22 bits per heavy atom. The van der Waals surface area contributed by atoms with E-state index in [1.807, 2.05) is 23.1 Å². The van der Waals surface area contributed by atoms with Gasteiger partial charge in [0, 0.05) is 32.4 Å². The molecule has 2 aromatic heterocycles. The standard InChI is InChI=1S/C26H23FN4O4S/c1-3-34-25(33)17-13-31-15(2)14-35-24-21(31)16(23(17)32)12-18(27)22(24)29-8-10-30(11-9-29)26-28-19-6-4-5-7-20(19)36-26/h4-7,12-13H,2-3,8-11,14H2,1H3. The quantitative estimate of drug-likeness (QED) is 0.386. The van der Waals surface area contributed by atoms with Crippen LogP contribution < -0.4 is 20.0 Å². The average molecular weight is 507 g/mol. The molecular formula is C26H23FN4O4S. The van der Waals surface area contributed by atoms with Crippen LogP contribution in [0.15, 0.2) is 47.9 Å². The van der Waals surface area contributed by atoms with Gasteiger partial charge in [0.05, 0.1) is 27.9 Å². The number of carbonyl (C=O) groups is 1. The van der Waals surface area contributed by atoms with Gasteiger partial charge in [0.2, 0.25) is 5.43 Å². The zero-order chi connectivity index (χ0) is 25.0. The fraction of sp³-hybridized carbons (Fsp3) is 0.269. The Hall–Kier alpha value is -3.92. The Morgan fingerprint density at radius 3 is 2.72 bits per heavy atom. The van der Waals surface area contributed by atoms with Gasteiger partial charge in [-0.3, -0.25) is 4.79 Å². The van der Waals surface area contributed by atoms with E-state index in [1.54, 1.807) is 22.8 Å². The Labute approximate surface area is 209 Å². The lowest BCUT2D eigenvalue weighted by atomic mass is 10.1. The monoisotopic (exact) mass is 506 g/mol. The van der Waals surface area contributed by atoms with Crippen LogP contribution in [0.1, 0.15) is 17.3 Å². The first-order chi connectivity index (χ1) is 17.5. The number of ether oxygens (including phenoxy) is 2.